The number of oxime groups is 1. The van der Waals surface area contributed by atoms with E-state index in [1.807, 2.05) is 12.1 Å². The summed E-state index contributed by atoms with van der Waals surface area (Å²) in [5.41, 5.74) is 7.24. The van der Waals surface area contributed by atoms with E-state index in [0.717, 1.165) is 12.8 Å². The second-order valence-corrected chi connectivity index (χ2v) is 5.67. The van der Waals surface area contributed by atoms with Crippen LogP contribution in [-0.2, 0) is 17.6 Å². The fraction of sp³-hybridized carbons (Fsp3) is 0.467. The Morgan fingerprint density at radius 2 is 1.75 bits per heavy atom. The summed E-state index contributed by atoms with van der Waals surface area (Å²) in [6.07, 6.45) is 1.68. The molecule has 1 aromatic carbocycles. The van der Waals surface area contributed by atoms with Crippen LogP contribution in [0.15, 0.2) is 29.4 Å². The molecule has 1 heterocycles. The summed E-state index contributed by atoms with van der Waals surface area (Å²) in [6, 6.07) is 8.27. The summed E-state index contributed by atoms with van der Waals surface area (Å²) < 4.78 is 0. The van der Waals surface area contributed by atoms with Gasteiger partial charge in [0.15, 0.2) is 5.84 Å². The van der Waals surface area contributed by atoms with Crippen molar-refractivity contribution in [2.75, 3.05) is 13.1 Å². The minimum absolute atomic E-state index is 0.0516. The van der Waals surface area contributed by atoms with Crippen molar-refractivity contribution in [3.63, 3.8) is 0 Å². The molecular formula is C15H21N3O2. The smallest absolute Gasteiger partial charge is 0.235 e. The van der Waals surface area contributed by atoms with Crippen LogP contribution in [0.3, 0.4) is 0 Å². The molecule has 1 aromatic rings. The van der Waals surface area contributed by atoms with Gasteiger partial charge in [0.25, 0.3) is 0 Å². The second kappa shape index (κ2) is 5.53. The molecular weight excluding hydrogens is 254 g/mol. The topological polar surface area (TPSA) is 78.9 Å². The lowest BCUT2D eigenvalue weighted by Gasteiger charge is -2.30. The first kappa shape index (κ1) is 14.4. The fourth-order valence-electron chi connectivity index (χ4n) is 2.50. The van der Waals surface area contributed by atoms with Crippen molar-refractivity contribution in [2.45, 2.75) is 26.7 Å². The number of benzene rings is 1. The van der Waals surface area contributed by atoms with Gasteiger partial charge in [-0.05, 0) is 37.8 Å². The van der Waals surface area contributed by atoms with E-state index in [2.05, 4.69) is 17.3 Å². The number of rotatable bonds is 2. The number of carbonyl (C=O) groups is 1. The van der Waals surface area contributed by atoms with E-state index in [9.17, 15) is 4.79 Å². The van der Waals surface area contributed by atoms with Crippen molar-refractivity contribution in [1.82, 2.24) is 4.90 Å². The van der Waals surface area contributed by atoms with Crippen LogP contribution in [0.25, 0.3) is 0 Å². The van der Waals surface area contributed by atoms with Gasteiger partial charge in [-0.15, -0.1) is 0 Å². The third-order valence-corrected chi connectivity index (χ3v) is 3.99. The van der Waals surface area contributed by atoms with Gasteiger partial charge in [-0.2, -0.15) is 0 Å². The molecule has 0 aliphatic carbocycles. The predicted molar refractivity (Wildman–Crippen MR) is 77.6 cm³/mol. The first-order valence-electron chi connectivity index (χ1n) is 6.81. The van der Waals surface area contributed by atoms with Gasteiger partial charge in [0, 0.05) is 13.1 Å². The fourth-order valence-corrected chi connectivity index (χ4v) is 2.50. The molecule has 108 valence electrons. The summed E-state index contributed by atoms with van der Waals surface area (Å²) in [5, 5.41) is 11.8. The molecule has 0 saturated heterocycles. The Bertz CT molecular complexity index is 511. The Kier molecular flexibility index (Phi) is 3.97. The zero-order valence-electron chi connectivity index (χ0n) is 12.0. The predicted octanol–water partition coefficient (Wildman–Crippen LogP) is 1.39. The van der Waals surface area contributed by atoms with Gasteiger partial charge in [0.2, 0.25) is 5.91 Å². The lowest BCUT2D eigenvalue weighted by atomic mass is 9.90. The molecule has 0 radical (unpaired) electrons. The summed E-state index contributed by atoms with van der Waals surface area (Å²) in [6.45, 7) is 4.70. The van der Waals surface area contributed by atoms with Crippen molar-refractivity contribution < 1.29 is 10.0 Å². The van der Waals surface area contributed by atoms with Gasteiger partial charge < -0.3 is 15.8 Å². The minimum Gasteiger partial charge on any atom is -0.409 e. The quantitative estimate of drug-likeness (QED) is 0.370. The van der Waals surface area contributed by atoms with Gasteiger partial charge in [0.1, 0.15) is 5.41 Å². The van der Waals surface area contributed by atoms with E-state index in [1.165, 1.54) is 11.1 Å². The Morgan fingerprint density at radius 1 is 1.25 bits per heavy atom. The van der Waals surface area contributed by atoms with E-state index < -0.39 is 5.41 Å². The maximum Gasteiger partial charge on any atom is 0.235 e. The van der Waals surface area contributed by atoms with Gasteiger partial charge >= 0.3 is 0 Å². The van der Waals surface area contributed by atoms with Crippen molar-refractivity contribution in [2.24, 2.45) is 16.3 Å². The van der Waals surface area contributed by atoms with Gasteiger partial charge in [-0.3, -0.25) is 4.79 Å². The molecule has 0 aromatic heterocycles. The lowest BCUT2D eigenvalue weighted by molar-refractivity contribution is -0.137. The monoisotopic (exact) mass is 275 g/mol. The van der Waals surface area contributed by atoms with Crippen LogP contribution in [0.4, 0.5) is 0 Å². The minimum atomic E-state index is -0.981. The third kappa shape index (κ3) is 2.61. The molecule has 1 aliphatic rings. The number of amidine groups is 1. The largest absolute Gasteiger partial charge is 0.409 e. The van der Waals surface area contributed by atoms with Crippen LogP contribution in [0.5, 0.6) is 0 Å². The number of hydrogen-bond acceptors (Lipinski definition) is 3. The van der Waals surface area contributed by atoms with Gasteiger partial charge in [-0.1, -0.05) is 29.4 Å². The van der Waals surface area contributed by atoms with Gasteiger partial charge in [0.05, 0.1) is 0 Å². The van der Waals surface area contributed by atoms with Crippen molar-refractivity contribution >= 4 is 11.7 Å². The maximum absolute atomic E-state index is 12.6. The van der Waals surface area contributed by atoms with Crippen molar-refractivity contribution in [3.05, 3.63) is 35.4 Å². The molecule has 0 bridgehead atoms. The number of fused-ring (bicyclic) bond motifs is 1. The second-order valence-electron chi connectivity index (χ2n) is 5.67. The summed E-state index contributed by atoms with van der Waals surface area (Å²) in [4.78, 5) is 14.4. The summed E-state index contributed by atoms with van der Waals surface area (Å²) in [5.74, 6) is -0.148. The normalized spacial score (nSPS) is 16.5. The molecule has 0 spiro atoms. The highest BCUT2D eigenvalue weighted by atomic mass is 16.4. The zero-order chi connectivity index (χ0) is 14.8. The maximum atomic E-state index is 12.6. The molecule has 20 heavy (non-hydrogen) atoms. The van der Waals surface area contributed by atoms with Crippen LogP contribution < -0.4 is 5.73 Å². The van der Waals surface area contributed by atoms with Gasteiger partial charge in [-0.25, -0.2) is 0 Å². The van der Waals surface area contributed by atoms with Crippen LogP contribution in [0, 0.1) is 5.41 Å². The molecule has 5 heteroatoms. The highest BCUT2D eigenvalue weighted by Gasteiger charge is 2.36. The molecule has 1 aliphatic heterocycles. The molecule has 0 saturated carbocycles. The molecule has 0 unspecified atom stereocenters. The van der Waals surface area contributed by atoms with Crippen LogP contribution in [-0.4, -0.2) is 34.9 Å². The highest BCUT2D eigenvalue weighted by molar-refractivity contribution is 6.05. The van der Waals surface area contributed by atoms with Crippen LogP contribution in [0.1, 0.15) is 25.0 Å². The Labute approximate surface area is 119 Å². The molecule has 5 nitrogen and oxygen atoms in total. The lowest BCUT2D eigenvalue weighted by Crippen LogP contribution is -2.48. The first-order valence-corrected chi connectivity index (χ1v) is 6.81. The van der Waals surface area contributed by atoms with Crippen LogP contribution >= 0.6 is 0 Å². The van der Waals surface area contributed by atoms with E-state index in [4.69, 9.17) is 10.9 Å². The zero-order valence-corrected chi connectivity index (χ0v) is 12.0. The molecule has 2 rings (SSSR count). The number of carbonyl (C=O) groups excluding carboxylic acids is 1. The Morgan fingerprint density at radius 3 is 2.20 bits per heavy atom. The summed E-state index contributed by atoms with van der Waals surface area (Å²) >= 11 is 0. The standard InChI is InChI=1S/C15H21N3O2/c1-15(2,13(16)17-20)14(19)18-9-7-11-5-3-4-6-12(11)8-10-18/h3-6,20H,7-10H2,1-2H3,(H2,16,17). The Balaban J connectivity index is 2.15. The van der Waals surface area contributed by atoms with E-state index in [-0.39, 0.29) is 11.7 Å². The SMILES string of the molecule is CC(C)(C(=O)N1CCc2ccccc2CC1)C(N)=NO. The van der Waals surface area contributed by atoms with E-state index >= 15 is 0 Å². The Hall–Kier alpha value is -2.04. The molecule has 3 N–H and O–H groups in total. The average molecular weight is 275 g/mol. The van der Waals surface area contributed by atoms with E-state index in [1.54, 1.807) is 18.7 Å². The van der Waals surface area contributed by atoms with Crippen molar-refractivity contribution in [3.8, 4) is 0 Å². The molecule has 0 atom stereocenters. The molecule has 0 fully saturated rings. The third-order valence-electron chi connectivity index (χ3n) is 3.99. The number of hydrogen-bond donors (Lipinski definition) is 2. The molecule has 1 amide bonds. The van der Waals surface area contributed by atoms with Crippen LogP contribution in [0.2, 0.25) is 0 Å². The average Bonchev–Trinajstić information content (AvgIpc) is 2.68. The highest BCUT2D eigenvalue weighted by Crippen LogP contribution is 2.22. The van der Waals surface area contributed by atoms with Crippen molar-refractivity contribution in [1.29, 1.82) is 0 Å². The van der Waals surface area contributed by atoms with E-state index in [0.29, 0.717) is 13.1 Å². The number of nitrogens with two attached hydrogens (primary N) is 1. The first-order chi connectivity index (χ1) is 9.46. The number of amides is 1. The summed E-state index contributed by atoms with van der Waals surface area (Å²) in [7, 11) is 0. The number of nitrogens with zero attached hydrogens (tertiary/aromatic N) is 2.